The van der Waals surface area contributed by atoms with Crippen LogP contribution in [0.5, 0.6) is 0 Å². The molecule has 3 heteroatoms. The summed E-state index contributed by atoms with van der Waals surface area (Å²) in [6.45, 7) is 7.16. The Labute approximate surface area is 86.0 Å². The first-order valence-corrected chi connectivity index (χ1v) is 5.28. The number of nitrogens with one attached hydrogen (secondary N) is 1. The summed E-state index contributed by atoms with van der Waals surface area (Å²) in [7, 11) is 0. The second kappa shape index (κ2) is 5.70. The quantitative estimate of drug-likeness (QED) is 0.778. The van der Waals surface area contributed by atoms with Crippen molar-refractivity contribution >= 4 is 0 Å². The Morgan fingerprint density at radius 2 is 2.07 bits per heavy atom. The fourth-order valence-electron chi connectivity index (χ4n) is 1.43. The van der Waals surface area contributed by atoms with Crippen LogP contribution in [0.1, 0.15) is 38.2 Å². The van der Waals surface area contributed by atoms with Crippen LogP contribution in [-0.4, -0.2) is 16.0 Å². The zero-order valence-electron chi connectivity index (χ0n) is 9.25. The van der Waals surface area contributed by atoms with Gasteiger partial charge in [-0.3, -0.25) is 0 Å². The summed E-state index contributed by atoms with van der Waals surface area (Å²) in [6, 6.07) is 2.56. The van der Waals surface area contributed by atoms with Crippen molar-refractivity contribution in [1.82, 2.24) is 15.3 Å². The summed E-state index contributed by atoms with van der Waals surface area (Å²) < 4.78 is 0. The Kier molecular flexibility index (Phi) is 4.53. The van der Waals surface area contributed by atoms with Crippen LogP contribution in [0.25, 0.3) is 0 Å². The van der Waals surface area contributed by atoms with Gasteiger partial charge in [-0.1, -0.05) is 13.8 Å². The lowest BCUT2D eigenvalue weighted by Gasteiger charge is -2.13. The summed E-state index contributed by atoms with van der Waals surface area (Å²) in [5.74, 6) is 0.842. The van der Waals surface area contributed by atoms with E-state index in [1.807, 2.05) is 19.2 Å². The van der Waals surface area contributed by atoms with Crippen molar-refractivity contribution in [2.24, 2.45) is 0 Å². The van der Waals surface area contributed by atoms with Gasteiger partial charge in [0.1, 0.15) is 5.82 Å². The van der Waals surface area contributed by atoms with E-state index in [1.54, 1.807) is 0 Å². The molecule has 0 aliphatic rings. The van der Waals surface area contributed by atoms with E-state index in [4.69, 9.17) is 0 Å². The minimum Gasteiger partial charge on any atom is -0.308 e. The highest BCUT2D eigenvalue weighted by Crippen LogP contribution is 1.99. The van der Waals surface area contributed by atoms with Crippen molar-refractivity contribution < 1.29 is 0 Å². The van der Waals surface area contributed by atoms with E-state index >= 15 is 0 Å². The minimum absolute atomic E-state index is 0.602. The van der Waals surface area contributed by atoms with Crippen LogP contribution in [0.4, 0.5) is 0 Å². The monoisotopic (exact) mass is 193 g/mol. The third kappa shape index (κ3) is 3.42. The van der Waals surface area contributed by atoms with Crippen molar-refractivity contribution in [2.45, 2.75) is 46.2 Å². The van der Waals surface area contributed by atoms with Gasteiger partial charge < -0.3 is 5.32 Å². The topological polar surface area (TPSA) is 37.8 Å². The van der Waals surface area contributed by atoms with Crippen molar-refractivity contribution in [2.75, 3.05) is 0 Å². The summed E-state index contributed by atoms with van der Waals surface area (Å²) in [6.07, 6.45) is 4.15. The molecular formula is C11H19N3. The maximum absolute atomic E-state index is 4.34. The van der Waals surface area contributed by atoms with E-state index in [2.05, 4.69) is 29.1 Å². The number of hydrogen-bond donors (Lipinski definition) is 1. The normalized spacial score (nSPS) is 10.9. The molecule has 0 amide bonds. The molecule has 0 saturated carbocycles. The third-order valence-electron chi connectivity index (χ3n) is 2.39. The molecule has 0 saturated heterocycles. The fourth-order valence-corrected chi connectivity index (χ4v) is 1.43. The second-order valence-electron chi connectivity index (χ2n) is 3.49. The fraction of sp³-hybridized carbons (Fsp3) is 0.636. The summed E-state index contributed by atoms with van der Waals surface area (Å²) in [5.41, 5.74) is 1.07. The Morgan fingerprint density at radius 3 is 2.64 bits per heavy atom. The van der Waals surface area contributed by atoms with Crippen LogP contribution in [0.15, 0.2) is 12.3 Å². The first-order chi connectivity index (χ1) is 6.76. The smallest absolute Gasteiger partial charge is 0.125 e. The molecule has 1 heterocycles. The molecule has 0 aliphatic heterocycles. The molecule has 0 spiro atoms. The van der Waals surface area contributed by atoms with Gasteiger partial charge in [0.15, 0.2) is 0 Å². The molecule has 0 unspecified atom stereocenters. The van der Waals surface area contributed by atoms with Gasteiger partial charge in [0.05, 0.1) is 5.69 Å². The van der Waals surface area contributed by atoms with Gasteiger partial charge in [-0.2, -0.15) is 0 Å². The van der Waals surface area contributed by atoms with Crippen molar-refractivity contribution in [1.29, 1.82) is 0 Å². The SMILES string of the molecule is CCC(CC)NCc1ccnc(C)n1. The predicted molar refractivity (Wildman–Crippen MR) is 58.0 cm³/mol. The van der Waals surface area contributed by atoms with Crippen LogP contribution in [0.2, 0.25) is 0 Å². The average Bonchev–Trinajstić information content (AvgIpc) is 2.19. The maximum Gasteiger partial charge on any atom is 0.125 e. The standard InChI is InChI=1S/C11H19N3/c1-4-10(5-2)13-8-11-6-7-12-9(3)14-11/h6-7,10,13H,4-5,8H2,1-3H3. The van der Waals surface area contributed by atoms with Gasteiger partial charge in [0, 0.05) is 18.8 Å². The van der Waals surface area contributed by atoms with E-state index in [1.165, 1.54) is 12.8 Å². The van der Waals surface area contributed by atoms with Crippen molar-refractivity contribution in [3.8, 4) is 0 Å². The zero-order chi connectivity index (χ0) is 10.4. The highest BCUT2D eigenvalue weighted by Gasteiger charge is 2.02. The number of nitrogens with zero attached hydrogens (tertiary/aromatic N) is 2. The van der Waals surface area contributed by atoms with Gasteiger partial charge >= 0.3 is 0 Å². The van der Waals surface area contributed by atoms with Gasteiger partial charge in [-0.25, -0.2) is 9.97 Å². The van der Waals surface area contributed by atoms with Crippen LogP contribution in [0, 0.1) is 6.92 Å². The summed E-state index contributed by atoms with van der Waals surface area (Å²) in [5, 5.41) is 3.47. The van der Waals surface area contributed by atoms with Crippen LogP contribution < -0.4 is 5.32 Å². The lowest BCUT2D eigenvalue weighted by atomic mass is 10.2. The number of aryl methyl sites for hydroxylation is 1. The van der Waals surface area contributed by atoms with Crippen LogP contribution >= 0.6 is 0 Å². The van der Waals surface area contributed by atoms with E-state index < -0.39 is 0 Å². The molecule has 0 radical (unpaired) electrons. The molecule has 0 atom stereocenters. The Morgan fingerprint density at radius 1 is 1.36 bits per heavy atom. The Bertz CT molecular complexity index is 269. The van der Waals surface area contributed by atoms with E-state index in [0.29, 0.717) is 6.04 Å². The number of rotatable bonds is 5. The molecule has 1 aromatic rings. The molecule has 1 N–H and O–H groups in total. The molecule has 1 rings (SSSR count). The van der Waals surface area contributed by atoms with Gasteiger partial charge in [0.2, 0.25) is 0 Å². The van der Waals surface area contributed by atoms with Crippen LogP contribution in [0.3, 0.4) is 0 Å². The molecule has 0 aromatic carbocycles. The minimum atomic E-state index is 0.602. The van der Waals surface area contributed by atoms with Crippen molar-refractivity contribution in [3.63, 3.8) is 0 Å². The van der Waals surface area contributed by atoms with Gasteiger partial charge in [0.25, 0.3) is 0 Å². The number of aromatic nitrogens is 2. The first-order valence-electron chi connectivity index (χ1n) is 5.28. The highest BCUT2D eigenvalue weighted by molar-refractivity contribution is 5.01. The number of hydrogen-bond acceptors (Lipinski definition) is 3. The van der Waals surface area contributed by atoms with E-state index in [-0.39, 0.29) is 0 Å². The summed E-state index contributed by atoms with van der Waals surface area (Å²) in [4.78, 5) is 8.41. The van der Waals surface area contributed by atoms with E-state index in [0.717, 1.165) is 18.1 Å². The van der Waals surface area contributed by atoms with E-state index in [9.17, 15) is 0 Å². The molecule has 78 valence electrons. The highest BCUT2D eigenvalue weighted by atomic mass is 14.9. The maximum atomic E-state index is 4.34. The Hall–Kier alpha value is -0.960. The predicted octanol–water partition coefficient (Wildman–Crippen LogP) is 2.06. The molecule has 0 bridgehead atoms. The summed E-state index contributed by atoms with van der Waals surface area (Å²) >= 11 is 0. The molecular weight excluding hydrogens is 174 g/mol. The average molecular weight is 193 g/mol. The molecule has 1 aromatic heterocycles. The molecule has 0 aliphatic carbocycles. The van der Waals surface area contributed by atoms with Crippen molar-refractivity contribution in [3.05, 3.63) is 23.8 Å². The molecule has 3 nitrogen and oxygen atoms in total. The lowest BCUT2D eigenvalue weighted by Crippen LogP contribution is -2.27. The lowest BCUT2D eigenvalue weighted by molar-refractivity contribution is 0.480. The van der Waals surface area contributed by atoms with Gasteiger partial charge in [-0.05, 0) is 25.8 Å². The molecule has 0 fully saturated rings. The van der Waals surface area contributed by atoms with Gasteiger partial charge in [-0.15, -0.1) is 0 Å². The molecule has 14 heavy (non-hydrogen) atoms. The largest absolute Gasteiger partial charge is 0.308 e. The zero-order valence-corrected chi connectivity index (χ0v) is 9.25. The second-order valence-corrected chi connectivity index (χ2v) is 3.49. The Balaban J connectivity index is 2.44. The third-order valence-corrected chi connectivity index (χ3v) is 2.39. The first kappa shape index (κ1) is 11.1. The van der Waals surface area contributed by atoms with Crippen LogP contribution in [-0.2, 0) is 6.54 Å².